The van der Waals surface area contributed by atoms with Crippen LogP contribution in [-0.2, 0) is 44.8 Å². The van der Waals surface area contributed by atoms with Gasteiger partial charge < -0.3 is 56.3 Å². The number of nitrogens with two attached hydrogens (primary N) is 1. The van der Waals surface area contributed by atoms with Gasteiger partial charge in [0.15, 0.2) is 11.6 Å². The minimum atomic E-state index is -0.920. The van der Waals surface area contributed by atoms with E-state index in [1.807, 2.05) is 118 Å². The minimum absolute atomic E-state index is 0.00120. The second kappa shape index (κ2) is 34.0. The van der Waals surface area contributed by atoms with Crippen molar-refractivity contribution in [3.05, 3.63) is 65.7 Å². The molecule has 1 fully saturated rings. The zero-order valence-corrected chi connectivity index (χ0v) is 52.2. The highest BCUT2D eigenvalue weighted by atomic mass is 16.6. The highest BCUT2D eigenvalue weighted by molar-refractivity contribution is 5.96. The molecule has 0 bridgehead atoms. The summed E-state index contributed by atoms with van der Waals surface area (Å²) in [5.41, 5.74) is 7.03. The molecule has 0 spiro atoms. The molecule has 1 unspecified atom stereocenters. The normalized spacial score (nSPS) is 17.6. The maximum absolute atomic E-state index is 14.8. The summed E-state index contributed by atoms with van der Waals surface area (Å²) in [6.45, 7) is 25.6. The van der Waals surface area contributed by atoms with Gasteiger partial charge in [-0.05, 0) is 85.5 Å². The Morgan fingerprint density at radius 2 is 1.41 bits per heavy atom. The minimum Gasteiger partial charge on any atom is -0.445 e. The van der Waals surface area contributed by atoms with E-state index >= 15 is 0 Å². The van der Waals surface area contributed by atoms with Crippen molar-refractivity contribution in [3.63, 3.8) is 0 Å². The van der Waals surface area contributed by atoms with Crippen molar-refractivity contribution in [3.8, 4) is 0 Å². The van der Waals surface area contributed by atoms with Crippen molar-refractivity contribution in [2.75, 3.05) is 39.6 Å². The molecule has 19 nitrogen and oxygen atoms in total. The molecular formula is C63H102N8O11. The summed E-state index contributed by atoms with van der Waals surface area (Å²) in [4.78, 5) is 114. The van der Waals surface area contributed by atoms with Gasteiger partial charge in [-0.25, -0.2) is 9.59 Å². The second-order valence-electron chi connectivity index (χ2n) is 24.3. The number of amides is 7. The van der Waals surface area contributed by atoms with E-state index in [1.54, 1.807) is 50.2 Å². The Morgan fingerprint density at radius 1 is 0.780 bits per heavy atom. The van der Waals surface area contributed by atoms with Gasteiger partial charge in [0.2, 0.25) is 23.6 Å². The molecule has 19 heteroatoms. The molecule has 12 atom stereocenters. The zero-order valence-electron chi connectivity index (χ0n) is 52.2. The van der Waals surface area contributed by atoms with E-state index in [-0.39, 0.29) is 109 Å². The number of ether oxygens (including phenoxy) is 2. The van der Waals surface area contributed by atoms with E-state index in [0.29, 0.717) is 42.6 Å². The van der Waals surface area contributed by atoms with Crippen LogP contribution in [0.4, 0.5) is 15.3 Å². The summed E-state index contributed by atoms with van der Waals surface area (Å²) in [6.07, 6.45) is 0.523. The number of urea groups is 1. The van der Waals surface area contributed by atoms with Crippen LogP contribution in [0.25, 0.3) is 0 Å². The Morgan fingerprint density at radius 3 is 1.96 bits per heavy atom. The van der Waals surface area contributed by atoms with Crippen LogP contribution >= 0.6 is 0 Å². The molecule has 0 radical (unpaired) electrons. The molecule has 2 aromatic rings. The second-order valence-corrected chi connectivity index (χ2v) is 24.3. The molecule has 3 rings (SSSR count). The first-order chi connectivity index (χ1) is 38.6. The van der Waals surface area contributed by atoms with Crippen LogP contribution in [0.2, 0.25) is 0 Å². The molecule has 0 saturated carbocycles. The number of Topliss-reactive ketones (excluding diaryl/α,β-unsaturated/α-hetero) is 2. The number of anilines is 1. The number of hydrogen-bond donors (Lipinski definition) is 6. The standard InChI is InChI=1S/C63H102N8O11/c1-17-41(10)57(53(81-16)35-54(74)71-32-22-26-50(71)42(11)43(12)59(76)67-44(13)58(75)46-23-19-18-20-24-46)69(14)61(78)49(37(2)3)34-52(73)56(39(6)7)70(15)63(80)82-36-45-27-29-48(30-28-45)68-60(77)47(25-21-31-65-62(64)79)33-51(72)55(38(4)5)66-40(8)9/h18-20,23-24,27-30,37-44,47,49-50,53,55-58,66,75H,17,21-22,25-26,31-36H2,1-16H3,(H,67,76)(H,68,77)(H3,64,65,79)/t41-,42+,43+,44+,47?,49-,50-,53+,55-,56-,57-,58+/m0/s1. The number of likely N-dealkylation sites (tertiary alicyclic amines) is 1. The molecule has 1 aliphatic heterocycles. The van der Waals surface area contributed by atoms with Crippen LogP contribution in [-0.4, -0.2) is 144 Å². The quantitative estimate of drug-likeness (QED) is 0.0362. The molecule has 460 valence electrons. The van der Waals surface area contributed by atoms with E-state index in [4.69, 9.17) is 15.2 Å². The van der Waals surface area contributed by atoms with Gasteiger partial charge in [0.25, 0.3) is 0 Å². The molecule has 7 amide bonds. The number of rotatable bonds is 34. The summed E-state index contributed by atoms with van der Waals surface area (Å²) in [5.74, 6) is -4.10. The topological polar surface area (TPSA) is 259 Å². The molecule has 0 aromatic heterocycles. The summed E-state index contributed by atoms with van der Waals surface area (Å²) in [6, 6.07) is 12.7. The van der Waals surface area contributed by atoms with Gasteiger partial charge in [0.1, 0.15) is 6.61 Å². The maximum atomic E-state index is 14.8. The number of benzene rings is 2. The lowest BCUT2D eigenvalue weighted by atomic mass is 9.83. The fourth-order valence-electron chi connectivity index (χ4n) is 11.4. The number of carbonyl (C=O) groups is 8. The Bertz CT molecular complexity index is 2370. The first-order valence-electron chi connectivity index (χ1n) is 29.8. The first-order valence-corrected chi connectivity index (χ1v) is 29.8. The fraction of sp³-hybridized carbons (Fsp3) is 0.683. The van der Waals surface area contributed by atoms with Gasteiger partial charge in [0, 0.05) is 82.7 Å². The zero-order chi connectivity index (χ0) is 61.7. The Kier molecular flexibility index (Phi) is 29.2. The highest BCUT2D eigenvalue weighted by Crippen LogP contribution is 2.33. The Balaban J connectivity index is 1.69. The van der Waals surface area contributed by atoms with E-state index in [0.717, 1.165) is 12.8 Å². The summed E-state index contributed by atoms with van der Waals surface area (Å²) in [7, 11) is 4.76. The molecule has 7 N–H and O–H groups in total. The van der Waals surface area contributed by atoms with Crippen LogP contribution in [0.5, 0.6) is 0 Å². The van der Waals surface area contributed by atoms with Gasteiger partial charge in [-0.3, -0.25) is 28.8 Å². The third-order valence-corrected chi connectivity index (χ3v) is 16.7. The van der Waals surface area contributed by atoms with Crippen LogP contribution < -0.4 is 27.0 Å². The number of ketones is 2. The van der Waals surface area contributed by atoms with E-state index < -0.39 is 66.3 Å². The van der Waals surface area contributed by atoms with Gasteiger partial charge in [-0.15, -0.1) is 0 Å². The van der Waals surface area contributed by atoms with Crippen molar-refractivity contribution >= 4 is 53.0 Å². The first kappa shape index (κ1) is 70.3. The van der Waals surface area contributed by atoms with E-state index in [1.165, 1.54) is 11.9 Å². The van der Waals surface area contributed by atoms with Gasteiger partial charge in [-0.2, -0.15) is 0 Å². The number of nitrogens with one attached hydrogen (secondary N) is 4. The van der Waals surface area contributed by atoms with Crippen LogP contribution in [0, 0.1) is 47.3 Å². The van der Waals surface area contributed by atoms with Gasteiger partial charge in [0.05, 0.1) is 42.8 Å². The summed E-state index contributed by atoms with van der Waals surface area (Å²) >= 11 is 0. The number of aliphatic hydroxyl groups is 1. The molecule has 1 saturated heterocycles. The highest BCUT2D eigenvalue weighted by Gasteiger charge is 2.43. The number of likely N-dealkylation sites (N-methyl/N-ethyl adjacent to an activating group) is 2. The average Bonchev–Trinajstić information content (AvgIpc) is 3.99. The number of nitrogens with zero attached hydrogens (tertiary/aromatic N) is 3. The Hall–Kier alpha value is -5.92. The van der Waals surface area contributed by atoms with Crippen LogP contribution in [0.15, 0.2) is 54.6 Å². The van der Waals surface area contributed by atoms with Crippen molar-refractivity contribution < 1.29 is 52.9 Å². The van der Waals surface area contributed by atoms with Crippen molar-refractivity contribution in [2.45, 2.75) is 196 Å². The number of primary amides is 1. The van der Waals surface area contributed by atoms with Crippen LogP contribution in [0.1, 0.15) is 159 Å². The SMILES string of the molecule is CC[C@H](C)[C@@H]([C@@H](CC(=O)N1CCC[C@H]1[C@H](C)[C@@H](C)C(=O)N[C@H](C)[C@@H](O)c1ccccc1)OC)N(C)C(=O)[C@@H](CC(=O)[C@H](C(C)C)N(C)C(=O)OCc1ccc(NC(=O)C(CCCNC(N)=O)CC(=O)[C@@H](NC(C)C)C(C)C)cc1)C(C)C. The molecule has 1 aliphatic rings. The summed E-state index contributed by atoms with van der Waals surface area (Å²) < 4.78 is 11.8. The molecule has 0 aliphatic carbocycles. The van der Waals surface area contributed by atoms with Gasteiger partial charge in [-0.1, -0.05) is 132 Å². The fourth-order valence-corrected chi connectivity index (χ4v) is 11.4. The lowest BCUT2D eigenvalue weighted by molar-refractivity contribution is -0.148. The predicted molar refractivity (Wildman–Crippen MR) is 320 cm³/mol. The lowest BCUT2D eigenvalue weighted by Gasteiger charge is -2.41. The third-order valence-electron chi connectivity index (χ3n) is 16.7. The number of aliphatic hydroxyl groups excluding tert-OH is 1. The average molecular weight is 1150 g/mol. The smallest absolute Gasteiger partial charge is 0.410 e. The van der Waals surface area contributed by atoms with E-state index in [9.17, 15) is 43.5 Å². The number of hydrogen-bond acceptors (Lipinski definition) is 12. The van der Waals surface area contributed by atoms with Crippen molar-refractivity contribution in [2.24, 2.45) is 53.1 Å². The molecule has 82 heavy (non-hydrogen) atoms. The maximum Gasteiger partial charge on any atom is 0.410 e. The lowest BCUT2D eigenvalue weighted by Crippen LogP contribution is -2.54. The largest absolute Gasteiger partial charge is 0.445 e. The summed E-state index contributed by atoms with van der Waals surface area (Å²) in [5, 5.41) is 22.7. The van der Waals surface area contributed by atoms with E-state index in [2.05, 4.69) is 21.3 Å². The number of carbonyl (C=O) groups excluding carboxylic acids is 8. The third kappa shape index (κ3) is 20.8. The molecular weight excluding hydrogens is 1040 g/mol. The van der Waals surface area contributed by atoms with Gasteiger partial charge >= 0.3 is 12.1 Å². The monoisotopic (exact) mass is 1150 g/mol. The Labute approximate surface area is 489 Å². The number of methoxy groups -OCH3 is 1. The molecule has 1 heterocycles. The van der Waals surface area contributed by atoms with Crippen LogP contribution in [0.3, 0.4) is 0 Å². The molecule has 2 aromatic carbocycles. The van der Waals surface area contributed by atoms with Crippen molar-refractivity contribution in [1.82, 2.24) is 30.7 Å². The predicted octanol–water partition coefficient (Wildman–Crippen LogP) is 8.28. The van der Waals surface area contributed by atoms with Crippen molar-refractivity contribution in [1.29, 1.82) is 0 Å².